The highest BCUT2D eigenvalue weighted by molar-refractivity contribution is 6.33. The lowest BCUT2D eigenvalue weighted by Gasteiger charge is -2.24. The molecule has 42 heavy (non-hydrogen) atoms. The molecule has 1 aromatic heterocycles. The number of nitrogens with one attached hydrogen (secondary N) is 1. The van der Waals surface area contributed by atoms with E-state index < -0.39 is 54.7 Å². The average molecular weight is 596 g/mol. The number of aromatic nitrogens is 2. The molecule has 3 aromatic carbocycles. The summed E-state index contributed by atoms with van der Waals surface area (Å²) in [5.74, 6) is -3.67. The van der Waals surface area contributed by atoms with Crippen LogP contribution in [0.25, 0.3) is 22.0 Å². The summed E-state index contributed by atoms with van der Waals surface area (Å²) >= 11 is 6.26. The second kappa shape index (κ2) is 11.7. The molecule has 0 radical (unpaired) electrons. The first kappa shape index (κ1) is 28.8. The van der Waals surface area contributed by atoms with E-state index in [9.17, 15) is 23.6 Å². The van der Waals surface area contributed by atoms with Crippen molar-refractivity contribution < 1.29 is 33.1 Å². The fraction of sp³-hybridized carbons (Fsp3) is 0.207. The van der Waals surface area contributed by atoms with Crippen molar-refractivity contribution in [2.75, 3.05) is 18.5 Å². The van der Waals surface area contributed by atoms with Crippen molar-refractivity contribution >= 4 is 51.7 Å². The zero-order chi connectivity index (χ0) is 30.1. The fourth-order valence-corrected chi connectivity index (χ4v) is 5.23. The molecule has 4 aromatic rings. The van der Waals surface area contributed by atoms with E-state index in [4.69, 9.17) is 22.4 Å². The number of fused-ring (bicyclic) bond motifs is 1. The first-order valence-corrected chi connectivity index (χ1v) is 13.2. The van der Waals surface area contributed by atoms with Gasteiger partial charge in [-0.3, -0.25) is 23.9 Å². The molecule has 1 aliphatic heterocycles. The quantitative estimate of drug-likeness (QED) is 0.266. The number of halogens is 3. The van der Waals surface area contributed by atoms with Gasteiger partial charge in [0.15, 0.2) is 17.3 Å². The van der Waals surface area contributed by atoms with Crippen molar-refractivity contribution in [2.45, 2.75) is 25.2 Å². The van der Waals surface area contributed by atoms with E-state index in [1.54, 1.807) is 24.3 Å². The third kappa shape index (κ3) is 5.46. The van der Waals surface area contributed by atoms with Crippen molar-refractivity contribution in [2.24, 2.45) is 5.73 Å². The molecule has 0 spiro atoms. The lowest BCUT2D eigenvalue weighted by molar-refractivity contribution is -0.137. The average Bonchev–Trinajstić information content (AvgIpc) is 3.55. The molecule has 216 valence electrons. The Hall–Kier alpha value is -4.68. The second-order valence-corrected chi connectivity index (χ2v) is 10.1. The minimum atomic E-state index is -1.50. The first-order chi connectivity index (χ1) is 20.1. The fourth-order valence-electron chi connectivity index (χ4n) is 5.01. The number of hydrogen-bond acceptors (Lipinski definition) is 6. The minimum absolute atomic E-state index is 0.0241. The number of carbonyl (C=O) groups is 4. The molecule has 5 rings (SSSR count). The highest BCUT2D eigenvalue weighted by atomic mass is 35.5. The van der Waals surface area contributed by atoms with Crippen LogP contribution in [0.1, 0.15) is 27.3 Å². The number of nitrogens with zero attached hydrogens (tertiary/aromatic N) is 3. The molecule has 3 amide bonds. The lowest BCUT2D eigenvalue weighted by Crippen LogP contribution is -2.44. The van der Waals surface area contributed by atoms with Gasteiger partial charge in [-0.2, -0.15) is 5.10 Å². The number of aliphatic hydroxyl groups excluding tert-OH is 1. The van der Waals surface area contributed by atoms with E-state index in [1.807, 2.05) is 0 Å². The molecule has 1 fully saturated rings. The maximum atomic E-state index is 15.6. The number of amides is 3. The van der Waals surface area contributed by atoms with Crippen molar-refractivity contribution in [3.8, 4) is 11.1 Å². The Bertz CT molecular complexity index is 1740. The number of rotatable bonds is 8. The Balaban J connectivity index is 1.38. The van der Waals surface area contributed by atoms with Crippen LogP contribution in [0.5, 0.6) is 0 Å². The maximum Gasteiger partial charge on any atom is 0.269 e. The van der Waals surface area contributed by atoms with Crippen molar-refractivity contribution in [1.82, 2.24) is 14.7 Å². The van der Waals surface area contributed by atoms with Crippen LogP contribution in [0.3, 0.4) is 0 Å². The molecule has 1 saturated heterocycles. The monoisotopic (exact) mass is 595 g/mol. The zero-order valence-electron chi connectivity index (χ0n) is 21.9. The second-order valence-electron chi connectivity index (χ2n) is 9.71. The number of carbonyl (C=O) groups excluding carboxylic acids is 4. The van der Waals surface area contributed by atoms with Gasteiger partial charge in [-0.1, -0.05) is 41.9 Å². The SMILES string of the molecule is NC(=O)c1nn(CC(=O)N2C[C@H](F)C[C@H]2C(=O)Nc2cccc(-c3cc(C(=O)CO)ccc3Cl)c2F)c2ccccc12. The van der Waals surface area contributed by atoms with E-state index in [-0.39, 0.29) is 46.1 Å². The number of ketones is 1. The Kier molecular flexibility index (Phi) is 8.01. The number of anilines is 1. The topological polar surface area (TPSA) is 148 Å². The molecule has 2 atom stereocenters. The van der Waals surface area contributed by atoms with Gasteiger partial charge in [0.25, 0.3) is 5.91 Å². The number of alkyl halides is 1. The molecule has 13 heteroatoms. The van der Waals surface area contributed by atoms with Crippen LogP contribution in [0.4, 0.5) is 14.5 Å². The predicted octanol–water partition coefficient (Wildman–Crippen LogP) is 3.35. The summed E-state index contributed by atoms with van der Waals surface area (Å²) in [6, 6.07) is 13.7. The van der Waals surface area contributed by atoms with E-state index in [0.717, 1.165) is 4.90 Å². The smallest absolute Gasteiger partial charge is 0.269 e. The highest BCUT2D eigenvalue weighted by Gasteiger charge is 2.40. The number of primary amides is 1. The van der Waals surface area contributed by atoms with Gasteiger partial charge in [-0.25, -0.2) is 8.78 Å². The number of hydrogen-bond donors (Lipinski definition) is 3. The first-order valence-electron chi connectivity index (χ1n) is 12.8. The van der Waals surface area contributed by atoms with Gasteiger partial charge in [-0.05, 0) is 30.3 Å². The van der Waals surface area contributed by atoms with Crippen LogP contribution in [-0.2, 0) is 16.1 Å². The molecule has 2 heterocycles. The Morgan fingerprint density at radius 2 is 1.83 bits per heavy atom. The van der Waals surface area contributed by atoms with Crippen LogP contribution >= 0.6 is 11.6 Å². The van der Waals surface area contributed by atoms with Crippen LogP contribution in [-0.4, -0.2) is 68.7 Å². The summed E-state index contributed by atoms with van der Waals surface area (Å²) in [6.07, 6.45) is -1.80. The van der Waals surface area contributed by atoms with Crippen molar-refractivity contribution in [3.05, 3.63) is 82.8 Å². The molecule has 0 unspecified atom stereocenters. The van der Waals surface area contributed by atoms with Crippen LogP contribution in [0.15, 0.2) is 60.7 Å². The third-order valence-corrected chi connectivity index (χ3v) is 7.36. The van der Waals surface area contributed by atoms with Crippen LogP contribution < -0.4 is 11.1 Å². The summed E-state index contributed by atoms with van der Waals surface area (Å²) in [5, 5.41) is 16.3. The van der Waals surface area contributed by atoms with E-state index in [2.05, 4.69) is 10.4 Å². The predicted molar refractivity (Wildman–Crippen MR) is 150 cm³/mol. The summed E-state index contributed by atoms with van der Waals surface area (Å²) in [6.45, 7) is -1.49. The minimum Gasteiger partial charge on any atom is -0.388 e. The number of Topliss-reactive ketones (excluding diaryl/α,β-unsaturated/α-hetero) is 1. The third-order valence-electron chi connectivity index (χ3n) is 7.03. The standard InChI is InChI=1S/C29H24ClF2N5O5/c30-20-9-8-15(24(39)14-38)10-19(20)17-5-3-6-21(26(17)32)34-29(42)23-11-16(31)12-36(23)25(40)13-37-22-7-2-1-4-18(22)27(35-37)28(33)41/h1-10,16,23,38H,11-14H2,(H2,33,41)(H,34,42)/t16-,23+/m1/s1. The van der Waals surface area contributed by atoms with Gasteiger partial charge >= 0.3 is 0 Å². The summed E-state index contributed by atoms with van der Waals surface area (Å²) < 4.78 is 31.4. The zero-order valence-corrected chi connectivity index (χ0v) is 22.6. The number of nitrogens with two attached hydrogens (primary N) is 1. The Labute approximate surface area is 242 Å². The summed E-state index contributed by atoms with van der Waals surface area (Å²) in [7, 11) is 0. The van der Waals surface area contributed by atoms with E-state index in [1.165, 1.54) is 41.1 Å². The lowest BCUT2D eigenvalue weighted by atomic mass is 10.00. The van der Waals surface area contributed by atoms with Gasteiger partial charge in [0, 0.05) is 33.5 Å². The molecule has 0 aliphatic carbocycles. The number of para-hydroxylation sites is 1. The largest absolute Gasteiger partial charge is 0.388 e. The van der Waals surface area contributed by atoms with Gasteiger partial charge in [0.1, 0.15) is 25.4 Å². The Morgan fingerprint density at radius 3 is 2.57 bits per heavy atom. The van der Waals surface area contributed by atoms with E-state index >= 15 is 4.39 Å². The summed E-state index contributed by atoms with van der Waals surface area (Å²) in [4.78, 5) is 51.4. The Morgan fingerprint density at radius 1 is 1.07 bits per heavy atom. The van der Waals surface area contributed by atoms with E-state index in [0.29, 0.717) is 10.9 Å². The summed E-state index contributed by atoms with van der Waals surface area (Å²) in [5.41, 5.74) is 5.86. The van der Waals surface area contributed by atoms with Gasteiger partial charge < -0.3 is 21.1 Å². The van der Waals surface area contributed by atoms with Gasteiger partial charge in [-0.15, -0.1) is 0 Å². The molecule has 0 bridgehead atoms. The van der Waals surface area contributed by atoms with Crippen LogP contribution in [0, 0.1) is 5.82 Å². The maximum absolute atomic E-state index is 15.6. The van der Waals surface area contributed by atoms with Gasteiger partial charge in [0.2, 0.25) is 11.8 Å². The highest BCUT2D eigenvalue weighted by Crippen LogP contribution is 2.34. The van der Waals surface area contributed by atoms with Crippen molar-refractivity contribution in [1.29, 1.82) is 0 Å². The van der Waals surface area contributed by atoms with Crippen LogP contribution in [0.2, 0.25) is 5.02 Å². The molecular formula is C29H24ClF2N5O5. The molecular weight excluding hydrogens is 572 g/mol. The molecule has 4 N–H and O–H groups in total. The number of aliphatic hydroxyl groups is 1. The molecule has 10 nitrogen and oxygen atoms in total. The van der Waals surface area contributed by atoms with Gasteiger partial charge in [0.05, 0.1) is 17.7 Å². The normalized spacial score (nSPS) is 16.5. The number of likely N-dealkylation sites (tertiary alicyclic amines) is 1. The van der Waals surface area contributed by atoms with Crippen molar-refractivity contribution in [3.63, 3.8) is 0 Å². The molecule has 1 aliphatic rings. The molecule has 0 saturated carbocycles. The number of benzene rings is 3.